The van der Waals surface area contributed by atoms with Crippen LogP contribution in [0.4, 0.5) is 5.69 Å². The van der Waals surface area contributed by atoms with Crippen LogP contribution >= 0.6 is 11.3 Å². The minimum absolute atomic E-state index is 0.0614. The van der Waals surface area contributed by atoms with E-state index in [4.69, 9.17) is 0 Å². The van der Waals surface area contributed by atoms with Crippen molar-refractivity contribution in [2.45, 2.75) is 19.4 Å². The van der Waals surface area contributed by atoms with Crippen LogP contribution in [0.25, 0.3) is 10.6 Å². The summed E-state index contributed by atoms with van der Waals surface area (Å²) in [6.45, 7) is 1.93. The molecule has 2 aromatic heterocycles. The second kappa shape index (κ2) is 6.94. The molecule has 140 valence electrons. The SMILES string of the molecule is Cc1ccccc1NC(=O)c1cc(-c2cccs2)n(C2CCS(=O)(=O)C2)n1. The van der Waals surface area contributed by atoms with Gasteiger partial charge in [0.1, 0.15) is 0 Å². The van der Waals surface area contributed by atoms with Crippen molar-refractivity contribution in [3.63, 3.8) is 0 Å². The van der Waals surface area contributed by atoms with Crippen molar-refractivity contribution in [1.82, 2.24) is 9.78 Å². The predicted octanol–water partition coefficient (Wildman–Crippen LogP) is 3.53. The number of amides is 1. The highest BCUT2D eigenvalue weighted by Crippen LogP contribution is 2.32. The number of hydrogen-bond acceptors (Lipinski definition) is 5. The summed E-state index contributed by atoms with van der Waals surface area (Å²) in [5.74, 6) is -0.0837. The van der Waals surface area contributed by atoms with E-state index in [1.165, 1.54) is 11.3 Å². The van der Waals surface area contributed by atoms with E-state index in [1.807, 2.05) is 48.7 Å². The van der Waals surface area contributed by atoms with Crippen molar-refractivity contribution in [3.05, 3.63) is 59.1 Å². The number of hydrogen-bond donors (Lipinski definition) is 1. The number of para-hydroxylation sites is 1. The van der Waals surface area contributed by atoms with E-state index in [1.54, 1.807) is 10.7 Å². The topological polar surface area (TPSA) is 81.1 Å². The largest absolute Gasteiger partial charge is 0.320 e. The smallest absolute Gasteiger partial charge is 0.276 e. The van der Waals surface area contributed by atoms with E-state index in [-0.39, 0.29) is 29.1 Å². The van der Waals surface area contributed by atoms with Gasteiger partial charge in [0.2, 0.25) is 0 Å². The maximum Gasteiger partial charge on any atom is 0.276 e. The van der Waals surface area contributed by atoms with Crippen LogP contribution in [0.5, 0.6) is 0 Å². The van der Waals surface area contributed by atoms with Gasteiger partial charge >= 0.3 is 0 Å². The molecule has 6 nitrogen and oxygen atoms in total. The number of thiophene rings is 1. The molecule has 1 aromatic carbocycles. The fourth-order valence-corrected chi connectivity index (χ4v) is 5.69. The summed E-state index contributed by atoms with van der Waals surface area (Å²) in [5.41, 5.74) is 2.76. The Labute approximate surface area is 161 Å². The Morgan fingerprint density at radius 1 is 1.26 bits per heavy atom. The molecule has 27 heavy (non-hydrogen) atoms. The van der Waals surface area contributed by atoms with Crippen LogP contribution in [-0.4, -0.2) is 35.6 Å². The van der Waals surface area contributed by atoms with E-state index in [0.717, 1.165) is 21.8 Å². The molecule has 1 atom stereocenters. The van der Waals surface area contributed by atoms with Gasteiger partial charge in [0.05, 0.1) is 28.1 Å². The minimum Gasteiger partial charge on any atom is -0.320 e. The third-order valence-electron chi connectivity index (χ3n) is 4.69. The van der Waals surface area contributed by atoms with Gasteiger partial charge < -0.3 is 5.32 Å². The number of aryl methyl sites for hydroxylation is 1. The average Bonchev–Trinajstić information content (AvgIpc) is 3.35. The number of rotatable bonds is 4. The van der Waals surface area contributed by atoms with Crippen LogP contribution in [-0.2, 0) is 9.84 Å². The summed E-state index contributed by atoms with van der Waals surface area (Å²) in [5, 5.41) is 9.33. The fourth-order valence-electron chi connectivity index (χ4n) is 3.26. The molecule has 1 aliphatic heterocycles. The lowest BCUT2D eigenvalue weighted by Gasteiger charge is -2.12. The van der Waals surface area contributed by atoms with Gasteiger partial charge in [-0.15, -0.1) is 11.3 Å². The first kappa shape index (κ1) is 17.9. The van der Waals surface area contributed by atoms with Crippen LogP contribution in [0.15, 0.2) is 47.8 Å². The molecule has 1 unspecified atom stereocenters. The Hall–Kier alpha value is -2.45. The number of carbonyl (C=O) groups excluding carboxylic acids is 1. The Morgan fingerprint density at radius 3 is 2.74 bits per heavy atom. The molecule has 4 rings (SSSR count). The summed E-state index contributed by atoms with van der Waals surface area (Å²) >= 11 is 1.54. The van der Waals surface area contributed by atoms with E-state index < -0.39 is 9.84 Å². The number of nitrogens with one attached hydrogen (secondary N) is 1. The van der Waals surface area contributed by atoms with Crippen molar-refractivity contribution in [3.8, 4) is 10.6 Å². The first-order valence-corrected chi connectivity index (χ1v) is 11.3. The molecule has 3 heterocycles. The monoisotopic (exact) mass is 401 g/mol. The number of carbonyl (C=O) groups is 1. The summed E-state index contributed by atoms with van der Waals surface area (Å²) < 4.78 is 25.5. The zero-order valence-electron chi connectivity index (χ0n) is 14.8. The number of benzene rings is 1. The van der Waals surface area contributed by atoms with Crippen molar-refractivity contribution >= 4 is 32.8 Å². The lowest BCUT2D eigenvalue weighted by atomic mass is 10.2. The molecule has 1 fully saturated rings. The highest BCUT2D eigenvalue weighted by atomic mass is 32.2. The molecule has 3 aromatic rings. The Morgan fingerprint density at radius 2 is 2.07 bits per heavy atom. The second-order valence-corrected chi connectivity index (χ2v) is 9.84. The summed E-state index contributed by atoms with van der Waals surface area (Å²) in [7, 11) is -3.05. The van der Waals surface area contributed by atoms with Crippen LogP contribution in [0.1, 0.15) is 28.5 Å². The third kappa shape index (κ3) is 3.68. The zero-order chi connectivity index (χ0) is 19.0. The van der Waals surface area contributed by atoms with Crippen LogP contribution in [0.2, 0.25) is 0 Å². The molecular formula is C19H19N3O3S2. The van der Waals surface area contributed by atoms with Gasteiger partial charge in [-0.2, -0.15) is 5.10 Å². The van der Waals surface area contributed by atoms with Gasteiger partial charge in [0.25, 0.3) is 5.91 Å². The standard InChI is InChI=1S/C19H19N3O3S2/c1-13-5-2-3-6-15(13)20-19(23)16-11-17(18-7-4-9-26-18)22(21-16)14-8-10-27(24,25)12-14/h2-7,9,11,14H,8,10,12H2,1H3,(H,20,23). The first-order valence-electron chi connectivity index (χ1n) is 8.64. The maximum atomic E-state index is 12.7. The number of nitrogens with zero attached hydrogens (tertiary/aromatic N) is 2. The lowest BCUT2D eigenvalue weighted by Crippen LogP contribution is -2.16. The van der Waals surface area contributed by atoms with Crippen LogP contribution < -0.4 is 5.32 Å². The van der Waals surface area contributed by atoms with E-state index in [0.29, 0.717) is 6.42 Å². The van der Waals surface area contributed by atoms with E-state index in [9.17, 15) is 13.2 Å². The molecule has 0 spiro atoms. The molecule has 8 heteroatoms. The maximum absolute atomic E-state index is 12.7. The molecule has 1 saturated heterocycles. The van der Waals surface area contributed by atoms with Crippen LogP contribution in [0.3, 0.4) is 0 Å². The number of aromatic nitrogens is 2. The Bertz CT molecular complexity index is 1090. The van der Waals surface area contributed by atoms with Crippen LogP contribution in [0, 0.1) is 6.92 Å². The molecular weight excluding hydrogens is 382 g/mol. The van der Waals surface area contributed by atoms with Gasteiger partial charge in [0.15, 0.2) is 15.5 Å². The molecule has 0 radical (unpaired) electrons. The molecule has 1 aliphatic rings. The first-order chi connectivity index (χ1) is 12.9. The van der Waals surface area contributed by atoms with Gasteiger partial charge in [0, 0.05) is 5.69 Å². The second-order valence-electron chi connectivity index (χ2n) is 6.66. The van der Waals surface area contributed by atoms with Crippen molar-refractivity contribution in [2.75, 3.05) is 16.8 Å². The van der Waals surface area contributed by atoms with Crippen molar-refractivity contribution in [2.24, 2.45) is 0 Å². The molecule has 1 amide bonds. The zero-order valence-corrected chi connectivity index (χ0v) is 16.4. The molecule has 0 saturated carbocycles. The molecule has 1 N–H and O–H groups in total. The lowest BCUT2D eigenvalue weighted by molar-refractivity contribution is 0.102. The van der Waals surface area contributed by atoms with Crippen molar-refractivity contribution < 1.29 is 13.2 Å². The van der Waals surface area contributed by atoms with Crippen molar-refractivity contribution in [1.29, 1.82) is 0 Å². The quantitative estimate of drug-likeness (QED) is 0.725. The Balaban J connectivity index is 1.69. The van der Waals surface area contributed by atoms with Gasteiger partial charge in [-0.25, -0.2) is 8.42 Å². The fraction of sp³-hybridized carbons (Fsp3) is 0.263. The van der Waals surface area contributed by atoms with E-state index in [2.05, 4.69) is 10.4 Å². The highest BCUT2D eigenvalue weighted by molar-refractivity contribution is 7.91. The normalized spacial score (nSPS) is 18.5. The van der Waals surface area contributed by atoms with Gasteiger partial charge in [-0.1, -0.05) is 24.3 Å². The number of anilines is 1. The van der Waals surface area contributed by atoms with Gasteiger partial charge in [-0.05, 0) is 42.5 Å². The highest BCUT2D eigenvalue weighted by Gasteiger charge is 2.32. The third-order valence-corrected chi connectivity index (χ3v) is 7.33. The summed E-state index contributed by atoms with van der Waals surface area (Å²) in [4.78, 5) is 13.7. The minimum atomic E-state index is -3.05. The molecule has 0 aliphatic carbocycles. The summed E-state index contributed by atoms with van der Waals surface area (Å²) in [6, 6.07) is 12.9. The average molecular weight is 402 g/mol. The van der Waals surface area contributed by atoms with E-state index >= 15 is 0 Å². The summed E-state index contributed by atoms with van der Waals surface area (Å²) in [6.07, 6.45) is 0.515. The number of sulfone groups is 1. The van der Waals surface area contributed by atoms with Gasteiger partial charge in [-0.3, -0.25) is 9.48 Å². The molecule has 0 bridgehead atoms. The Kier molecular flexibility index (Phi) is 4.61. The predicted molar refractivity (Wildman–Crippen MR) is 107 cm³/mol.